The Morgan fingerprint density at radius 1 is 1.03 bits per heavy atom. The van der Waals surface area contributed by atoms with Crippen molar-refractivity contribution in [3.05, 3.63) is 75.8 Å². The molecule has 0 spiro atoms. The van der Waals surface area contributed by atoms with Crippen molar-refractivity contribution in [2.24, 2.45) is 0 Å². The molecule has 1 saturated heterocycles. The Bertz CT molecular complexity index is 1340. The van der Waals surface area contributed by atoms with Crippen molar-refractivity contribution >= 4 is 39.9 Å². The van der Waals surface area contributed by atoms with E-state index in [-0.39, 0.29) is 27.9 Å². The summed E-state index contributed by atoms with van der Waals surface area (Å²) >= 11 is 0.953. The topological polar surface area (TPSA) is 115 Å². The van der Waals surface area contributed by atoms with E-state index in [0.717, 1.165) is 11.3 Å². The van der Waals surface area contributed by atoms with Gasteiger partial charge in [0.25, 0.3) is 5.78 Å². The SMILES string of the molecule is CCOC(=O)c1sc(N2C(=O)C(=O)C(=C(O)c3ccc(OC)cc3)[C@H]2c2ccc(OC)cc2)nc1C. The van der Waals surface area contributed by atoms with E-state index in [0.29, 0.717) is 28.3 Å². The van der Waals surface area contributed by atoms with E-state index in [1.54, 1.807) is 62.4 Å². The Morgan fingerprint density at radius 3 is 2.17 bits per heavy atom. The highest BCUT2D eigenvalue weighted by Crippen LogP contribution is 2.44. The van der Waals surface area contributed by atoms with Gasteiger partial charge in [-0.25, -0.2) is 9.78 Å². The van der Waals surface area contributed by atoms with Gasteiger partial charge in [0, 0.05) is 5.56 Å². The Morgan fingerprint density at radius 2 is 1.61 bits per heavy atom. The highest BCUT2D eigenvalue weighted by molar-refractivity contribution is 7.17. The van der Waals surface area contributed by atoms with Gasteiger partial charge in [-0.15, -0.1) is 0 Å². The quantitative estimate of drug-likeness (QED) is 0.218. The number of aliphatic hydroxyl groups excluding tert-OH is 1. The van der Waals surface area contributed by atoms with Crippen molar-refractivity contribution in [3.63, 3.8) is 0 Å². The third-order valence-electron chi connectivity index (χ3n) is 5.69. The van der Waals surface area contributed by atoms with Crippen LogP contribution < -0.4 is 14.4 Å². The van der Waals surface area contributed by atoms with E-state index in [1.807, 2.05) is 0 Å². The van der Waals surface area contributed by atoms with Gasteiger partial charge < -0.3 is 19.3 Å². The average molecular weight is 509 g/mol. The zero-order valence-electron chi connectivity index (χ0n) is 20.1. The lowest BCUT2D eigenvalue weighted by Gasteiger charge is -2.23. The zero-order valence-corrected chi connectivity index (χ0v) is 20.9. The molecule has 4 rings (SSSR count). The number of ether oxygens (including phenoxy) is 3. The second-order valence-corrected chi connectivity index (χ2v) is 8.78. The second kappa shape index (κ2) is 10.2. The number of nitrogens with zero attached hydrogens (tertiary/aromatic N) is 2. The van der Waals surface area contributed by atoms with E-state index in [2.05, 4.69) is 4.98 Å². The standard InChI is InChI=1S/C26H24N2O7S/c1-5-35-25(32)23-14(2)27-26(36-23)28-20(15-6-10-17(33-3)11-7-15)19(22(30)24(28)31)21(29)16-8-12-18(34-4)13-9-16/h6-13,20,29H,5H2,1-4H3/t20-/m1/s1. The van der Waals surface area contributed by atoms with Gasteiger partial charge in [0.2, 0.25) is 0 Å². The molecule has 0 bridgehead atoms. The molecule has 2 aromatic carbocycles. The van der Waals surface area contributed by atoms with Gasteiger partial charge in [0.1, 0.15) is 22.1 Å². The first kappa shape index (κ1) is 24.9. The number of hydrogen-bond donors (Lipinski definition) is 1. The van der Waals surface area contributed by atoms with Gasteiger partial charge in [-0.2, -0.15) is 0 Å². The molecular weight excluding hydrogens is 484 g/mol. The van der Waals surface area contributed by atoms with Gasteiger partial charge in [-0.1, -0.05) is 23.5 Å². The fraction of sp³-hybridized carbons (Fsp3) is 0.231. The highest BCUT2D eigenvalue weighted by Gasteiger charge is 2.48. The van der Waals surface area contributed by atoms with Crippen molar-refractivity contribution in [2.45, 2.75) is 19.9 Å². The minimum absolute atomic E-state index is 0.0964. The lowest BCUT2D eigenvalue weighted by Crippen LogP contribution is -2.29. The zero-order chi connectivity index (χ0) is 26.0. The number of benzene rings is 2. The lowest BCUT2D eigenvalue weighted by molar-refractivity contribution is -0.132. The third kappa shape index (κ3) is 4.42. The largest absolute Gasteiger partial charge is 0.507 e. The molecule has 1 fully saturated rings. The number of esters is 1. The summed E-state index contributed by atoms with van der Waals surface area (Å²) in [6.45, 7) is 3.50. The monoisotopic (exact) mass is 508 g/mol. The number of ketones is 1. The molecule has 1 amide bonds. The molecule has 36 heavy (non-hydrogen) atoms. The number of anilines is 1. The number of carbonyl (C=O) groups excluding carboxylic acids is 3. The molecular formula is C26H24N2O7S. The normalized spacial score (nSPS) is 16.8. The van der Waals surface area contributed by atoms with Crippen molar-refractivity contribution < 1.29 is 33.7 Å². The molecule has 3 aromatic rings. The molecule has 1 aromatic heterocycles. The van der Waals surface area contributed by atoms with E-state index in [9.17, 15) is 19.5 Å². The number of carbonyl (C=O) groups is 3. The maximum absolute atomic E-state index is 13.3. The van der Waals surface area contributed by atoms with Crippen molar-refractivity contribution in [2.75, 3.05) is 25.7 Å². The maximum atomic E-state index is 13.3. The number of methoxy groups -OCH3 is 2. The summed E-state index contributed by atoms with van der Waals surface area (Å²) in [4.78, 5) is 44.8. The molecule has 0 saturated carbocycles. The summed E-state index contributed by atoms with van der Waals surface area (Å²) in [5, 5.41) is 11.4. The van der Waals surface area contributed by atoms with Crippen molar-refractivity contribution in [1.29, 1.82) is 0 Å². The van der Waals surface area contributed by atoms with Crippen LogP contribution in [0.1, 0.15) is 39.5 Å². The first-order valence-corrected chi connectivity index (χ1v) is 11.9. The molecule has 1 aliphatic rings. The number of rotatable bonds is 7. The molecule has 9 nitrogen and oxygen atoms in total. The fourth-order valence-corrected chi connectivity index (χ4v) is 4.89. The molecule has 1 aliphatic heterocycles. The number of amides is 1. The van der Waals surface area contributed by atoms with Crippen LogP contribution in [0.25, 0.3) is 5.76 Å². The van der Waals surface area contributed by atoms with Gasteiger partial charge in [-0.05, 0) is 55.8 Å². The summed E-state index contributed by atoms with van der Waals surface area (Å²) in [5.74, 6) is -1.47. The van der Waals surface area contributed by atoms with Gasteiger partial charge in [0.05, 0.1) is 38.1 Å². The Labute approximate surface area is 211 Å². The number of aryl methyl sites for hydroxylation is 1. The smallest absolute Gasteiger partial charge is 0.350 e. The summed E-state index contributed by atoms with van der Waals surface area (Å²) in [6, 6.07) is 12.3. The molecule has 10 heteroatoms. The number of thiazole rings is 1. The Kier molecular flexibility index (Phi) is 7.07. The van der Waals surface area contributed by atoms with Crippen LogP contribution in [0.3, 0.4) is 0 Å². The number of aromatic nitrogens is 1. The summed E-state index contributed by atoms with van der Waals surface area (Å²) in [7, 11) is 3.05. The minimum Gasteiger partial charge on any atom is -0.507 e. The van der Waals surface area contributed by atoms with E-state index < -0.39 is 23.7 Å². The maximum Gasteiger partial charge on any atom is 0.350 e. The lowest BCUT2D eigenvalue weighted by atomic mass is 9.95. The second-order valence-electron chi connectivity index (χ2n) is 7.80. The molecule has 186 valence electrons. The summed E-state index contributed by atoms with van der Waals surface area (Å²) < 4.78 is 15.5. The van der Waals surface area contributed by atoms with Crippen LogP contribution >= 0.6 is 11.3 Å². The molecule has 2 heterocycles. The fourth-order valence-electron chi connectivity index (χ4n) is 3.91. The molecule has 1 atom stereocenters. The number of hydrogen-bond acceptors (Lipinski definition) is 9. The van der Waals surface area contributed by atoms with Crippen LogP contribution in [0.2, 0.25) is 0 Å². The predicted octanol–water partition coefficient (Wildman–Crippen LogP) is 4.27. The minimum atomic E-state index is -0.987. The van der Waals surface area contributed by atoms with Gasteiger partial charge in [-0.3, -0.25) is 14.5 Å². The van der Waals surface area contributed by atoms with E-state index in [4.69, 9.17) is 14.2 Å². The first-order valence-electron chi connectivity index (χ1n) is 11.0. The first-order chi connectivity index (χ1) is 17.3. The third-order valence-corrected chi connectivity index (χ3v) is 6.83. The number of Topliss-reactive ketones (excluding diaryl/α,β-unsaturated/α-hetero) is 1. The van der Waals surface area contributed by atoms with Crippen LogP contribution in [-0.4, -0.2) is 48.6 Å². The van der Waals surface area contributed by atoms with Crippen molar-refractivity contribution in [1.82, 2.24) is 4.98 Å². The van der Waals surface area contributed by atoms with E-state index >= 15 is 0 Å². The predicted molar refractivity (Wildman–Crippen MR) is 134 cm³/mol. The molecule has 0 radical (unpaired) electrons. The molecule has 0 unspecified atom stereocenters. The average Bonchev–Trinajstić information content (AvgIpc) is 3.40. The van der Waals surface area contributed by atoms with Crippen LogP contribution in [-0.2, 0) is 14.3 Å². The van der Waals surface area contributed by atoms with Crippen LogP contribution in [0.15, 0.2) is 54.1 Å². The van der Waals surface area contributed by atoms with Crippen molar-refractivity contribution in [3.8, 4) is 11.5 Å². The summed E-state index contributed by atoms with van der Waals surface area (Å²) in [6.07, 6.45) is 0. The highest BCUT2D eigenvalue weighted by atomic mass is 32.1. The summed E-state index contributed by atoms with van der Waals surface area (Å²) in [5.41, 5.74) is 1.17. The Balaban J connectivity index is 1.89. The Hall–Kier alpha value is -4.18. The van der Waals surface area contributed by atoms with E-state index in [1.165, 1.54) is 19.1 Å². The molecule has 1 N–H and O–H groups in total. The van der Waals surface area contributed by atoms with Crippen LogP contribution in [0.5, 0.6) is 11.5 Å². The van der Waals surface area contributed by atoms with Crippen LogP contribution in [0.4, 0.5) is 5.13 Å². The molecule has 0 aliphatic carbocycles. The van der Waals surface area contributed by atoms with Gasteiger partial charge in [0.15, 0.2) is 5.13 Å². The number of aliphatic hydroxyl groups is 1. The van der Waals surface area contributed by atoms with Crippen LogP contribution in [0, 0.1) is 6.92 Å². The van der Waals surface area contributed by atoms with Gasteiger partial charge >= 0.3 is 11.9 Å².